The average Bonchev–Trinajstić information content (AvgIpc) is 2.39. The van der Waals surface area contributed by atoms with Gasteiger partial charge in [0.2, 0.25) is 0 Å². The van der Waals surface area contributed by atoms with Crippen LogP contribution in [0.4, 0.5) is 4.79 Å². The number of rotatable bonds is 1. The number of hydrogen-bond donors (Lipinski definition) is 2. The Balaban J connectivity index is 1.96. The van der Waals surface area contributed by atoms with Crippen molar-refractivity contribution in [2.75, 3.05) is 26.2 Å². The predicted molar refractivity (Wildman–Crippen MR) is 68.5 cm³/mol. The first-order valence-corrected chi connectivity index (χ1v) is 6.04. The fraction of sp³-hybridized carbons (Fsp3) is 0.385. The molecule has 1 heterocycles. The molecule has 0 aliphatic carbocycles. The number of nitrogens with zero attached hydrogens (tertiary/aromatic N) is 1. The lowest BCUT2D eigenvalue weighted by atomic mass is 10.1. The van der Waals surface area contributed by atoms with Crippen molar-refractivity contribution >= 4 is 11.9 Å². The molecule has 1 aliphatic heterocycles. The van der Waals surface area contributed by atoms with Gasteiger partial charge in [-0.25, -0.2) is 4.79 Å². The van der Waals surface area contributed by atoms with Crippen molar-refractivity contribution in [2.24, 2.45) is 0 Å². The lowest BCUT2D eigenvalue weighted by Gasteiger charge is -2.27. The van der Waals surface area contributed by atoms with Crippen LogP contribution >= 0.6 is 0 Å². The number of urea groups is 1. The summed E-state index contributed by atoms with van der Waals surface area (Å²) in [5.41, 5.74) is 1.51. The number of hydrogen-bond acceptors (Lipinski definition) is 3. The highest BCUT2D eigenvalue weighted by molar-refractivity contribution is 6.04. The molecule has 0 saturated carbocycles. The molecule has 5 heteroatoms. The smallest absolute Gasteiger partial charge is 0.322 e. The molecule has 2 N–H and O–H groups in total. The Morgan fingerprint density at radius 2 is 2.00 bits per heavy atom. The van der Waals surface area contributed by atoms with Gasteiger partial charge in [-0.15, -0.1) is 0 Å². The first-order valence-electron chi connectivity index (χ1n) is 6.04. The van der Waals surface area contributed by atoms with E-state index >= 15 is 0 Å². The molecule has 0 atom stereocenters. The van der Waals surface area contributed by atoms with Crippen molar-refractivity contribution in [3.8, 4) is 0 Å². The van der Waals surface area contributed by atoms with Gasteiger partial charge in [-0.1, -0.05) is 17.7 Å². The molecule has 0 aromatic heterocycles. The van der Waals surface area contributed by atoms with E-state index in [9.17, 15) is 9.59 Å². The SMILES string of the molecule is Cc1cccc(C(=O)NC(=O)N2CCNCC2)c1. The van der Waals surface area contributed by atoms with Crippen LogP contribution in [0, 0.1) is 6.92 Å². The van der Waals surface area contributed by atoms with Gasteiger partial charge in [0.25, 0.3) is 5.91 Å². The first-order chi connectivity index (χ1) is 8.66. The molecule has 3 amide bonds. The first kappa shape index (κ1) is 12.6. The van der Waals surface area contributed by atoms with Crippen molar-refractivity contribution < 1.29 is 9.59 Å². The van der Waals surface area contributed by atoms with Crippen molar-refractivity contribution in [3.05, 3.63) is 35.4 Å². The van der Waals surface area contributed by atoms with E-state index in [4.69, 9.17) is 0 Å². The number of amides is 3. The summed E-state index contributed by atoms with van der Waals surface area (Å²) in [5.74, 6) is -0.345. The Morgan fingerprint density at radius 1 is 1.28 bits per heavy atom. The minimum absolute atomic E-state index is 0.317. The molecule has 0 unspecified atom stereocenters. The van der Waals surface area contributed by atoms with Gasteiger partial charge >= 0.3 is 6.03 Å². The number of carbonyl (C=O) groups excluding carboxylic acids is 2. The quantitative estimate of drug-likeness (QED) is 0.770. The summed E-state index contributed by atoms with van der Waals surface area (Å²) in [4.78, 5) is 25.4. The molecule has 1 aliphatic rings. The molecule has 1 aromatic carbocycles. The van der Waals surface area contributed by atoms with Crippen LogP contribution in [0.5, 0.6) is 0 Å². The van der Waals surface area contributed by atoms with Crippen molar-refractivity contribution in [1.29, 1.82) is 0 Å². The number of nitrogens with one attached hydrogen (secondary N) is 2. The van der Waals surface area contributed by atoms with Crippen LogP contribution in [0.3, 0.4) is 0 Å². The van der Waals surface area contributed by atoms with Crippen LogP contribution in [0.2, 0.25) is 0 Å². The molecule has 2 rings (SSSR count). The maximum absolute atomic E-state index is 11.9. The zero-order valence-corrected chi connectivity index (χ0v) is 10.4. The van der Waals surface area contributed by atoms with E-state index in [1.807, 2.05) is 13.0 Å². The molecule has 1 saturated heterocycles. The third-order valence-corrected chi connectivity index (χ3v) is 2.90. The Morgan fingerprint density at radius 3 is 2.67 bits per heavy atom. The summed E-state index contributed by atoms with van der Waals surface area (Å²) in [6.45, 7) is 4.72. The summed E-state index contributed by atoms with van der Waals surface area (Å²) in [5, 5.41) is 5.57. The van der Waals surface area contributed by atoms with Crippen molar-refractivity contribution in [3.63, 3.8) is 0 Å². The van der Waals surface area contributed by atoms with E-state index in [1.165, 1.54) is 0 Å². The zero-order chi connectivity index (χ0) is 13.0. The summed E-state index contributed by atoms with van der Waals surface area (Å²) in [7, 11) is 0. The lowest BCUT2D eigenvalue weighted by Crippen LogP contribution is -2.51. The minimum atomic E-state index is -0.345. The summed E-state index contributed by atoms with van der Waals surface area (Å²) < 4.78 is 0. The van der Waals surface area contributed by atoms with E-state index in [1.54, 1.807) is 23.1 Å². The largest absolute Gasteiger partial charge is 0.324 e. The Labute approximate surface area is 106 Å². The van der Waals surface area contributed by atoms with Gasteiger partial charge < -0.3 is 10.2 Å². The Bertz CT molecular complexity index is 453. The maximum atomic E-state index is 11.9. The third-order valence-electron chi connectivity index (χ3n) is 2.90. The van der Waals surface area contributed by atoms with Gasteiger partial charge in [-0.3, -0.25) is 10.1 Å². The van der Waals surface area contributed by atoms with Gasteiger partial charge in [0, 0.05) is 31.7 Å². The lowest BCUT2D eigenvalue weighted by molar-refractivity contribution is 0.0949. The van der Waals surface area contributed by atoms with E-state index in [-0.39, 0.29) is 11.9 Å². The number of imide groups is 1. The highest BCUT2D eigenvalue weighted by Gasteiger charge is 2.18. The maximum Gasteiger partial charge on any atom is 0.324 e. The van der Waals surface area contributed by atoms with Crippen LogP contribution < -0.4 is 10.6 Å². The standard InChI is InChI=1S/C13H17N3O2/c1-10-3-2-4-11(9-10)12(17)15-13(18)16-7-5-14-6-8-16/h2-4,9,14H,5-8H2,1H3,(H,15,17,18). The Kier molecular flexibility index (Phi) is 3.94. The van der Waals surface area contributed by atoms with Crippen LogP contribution in [0.25, 0.3) is 0 Å². The van der Waals surface area contributed by atoms with E-state index in [2.05, 4.69) is 10.6 Å². The summed E-state index contributed by atoms with van der Waals surface area (Å²) in [6, 6.07) is 6.87. The van der Waals surface area contributed by atoms with E-state index in [0.717, 1.165) is 18.7 Å². The minimum Gasteiger partial charge on any atom is -0.322 e. The van der Waals surface area contributed by atoms with Crippen molar-refractivity contribution in [2.45, 2.75) is 6.92 Å². The number of benzene rings is 1. The summed E-state index contributed by atoms with van der Waals surface area (Å²) >= 11 is 0. The van der Waals surface area contributed by atoms with Crippen LogP contribution in [0.15, 0.2) is 24.3 Å². The number of piperazine rings is 1. The van der Waals surface area contributed by atoms with Gasteiger partial charge in [0.05, 0.1) is 0 Å². The van der Waals surface area contributed by atoms with Gasteiger partial charge in [-0.05, 0) is 19.1 Å². The zero-order valence-electron chi connectivity index (χ0n) is 10.4. The molecule has 1 aromatic rings. The van der Waals surface area contributed by atoms with Gasteiger partial charge in [0.1, 0.15) is 0 Å². The second-order valence-electron chi connectivity index (χ2n) is 4.37. The van der Waals surface area contributed by atoms with E-state index < -0.39 is 0 Å². The van der Waals surface area contributed by atoms with E-state index in [0.29, 0.717) is 18.7 Å². The molecule has 0 spiro atoms. The van der Waals surface area contributed by atoms with Crippen molar-refractivity contribution in [1.82, 2.24) is 15.5 Å². The topological polar surface area (TPSA) is 61.4 Å². The molecule has 5 nitrogen and oxygen atoms in total. The normalized spacial score (nSPS) is 15.3. The molecule has 0 radical (unpaired) electrons. The molecular formula is C13H17N3O2. The predicted octanol–water partition coefficient (Wildman–Crippen LogP) is 0.750. The Hall–Kier alpha value is -1.88. The molecule has 0 bridgehead atoms. The average molecular weight is 247 g/mol. The van der Waals surface area contributed by atoms with Crippen LogP contribution in [0.1, 0.15) is 15.9 Å². The van der Waals surface area contributed by atoms with Gasteiger partial charge in [0.15, 0.2) is 0 Å². The highest BCUT2D eigenvalue weighted by atomic mass is 16.2. The molecule has 96 valence electrons. The summed E-state index contributed by atoms with van der Waals surface area (Å²) in [6.07, 6.45) is 0. The van der Waals surface area contributed by atoms with Gasteiger partial charge in [-0.2, -0.15) is 0 Å². The second kappa shape index (κ2) is 5.64. The number of carbonyl (C=O) groups is 2. The highest BCUT2D eigenvalue weighted by Crippen LogP contribution is 2.04. The molecular weight excluding hydrogens is 230 g/mol. The molecule has 1 fully saturated rings. The monoisotopic (exact) mass is 247 g/mol. The number of aryl methyl sites for hydroxylation is 1. The molecule has 18 heavy (non-hydrogen) atoms. The fourth-order valence-corrected chi connectivity index (χ4v) is 1.90. The van der Waals surface area contributed by atoms with Crippen LogP contribution in [-0.2, 0) is 0 Å². The third kappa shape index (κ3) is 3.07. The fourth-order valence-electron chi connectivity index (χ4n) is 1.90. The van der Waals surface area contributed by atoms with Crippen LogP contribution in [-0.4, -0.2) is 43.0 Å². The second-order valence-corrected chi connectivity index (χ2v) is 4.37.